The Bertz CT molecular complexity index is 833. The zero-order valence-electron chi connectivity index (χ0n) is 12.4. The summed E-state index contributed by atoms with van der Waals surface area (Å²) in [5.41, 5.74) is 3.45. The molecule has 0 aliphatic rings. The summed E-state index contributed by atoms with van der Waals surface area (Å²) in [6.07, 6.45) is 3.37. The molecule has 0 saturated carbocycles. The first-order valence-corrected chi connectivity index (χ1v) is 7.36. The van der Waals surface area contributed by atoms with E-state index in [1.807, 2.05) is 42.5 Å². The van der Waals surface area contributed by atoms with Crippen molar-refractivity contribution in [2.75, 3.05) is 0 Å². The zero-order chi connectivity index (χ0) is 16.1. The lowest BCUT2D eigenvalue weighted by molar-refractivity contribution is 0.104. The van der Waals surface area contributed by atoms with E-state index >= 15 is 0 Å². The number of ketones is 1. The molecule has 0 unspecified atom stereocenters. The van der Waals surface area contributed by atoms with Gasteiger partial charge in [-0.15, -0.1) is 0 Å². The lowest BCUT2D eigenvalue weighted by Crippen LogP contribution is -1.93. The van der Waals surface area contributed by atoms with Gasteiger partial charge in [0.15, 0.2) is 5.78 Å². The molecule has 2 heteroatoms. The number of carbonyl (C=O) groups is 1. The molecule has 0 radical (unpaired) electrons. The molecular formula is C21H15FO. The summed E-state index contributed by atoms with van der Waals surface area (Å²) < 4.78 is 13.1. The summed E-state index contributed by atoms with van der Waals surface area (Å²) in [5.74, 6) is -0.305. The highest BCUT2D eigenvalue weighted by atomic mass is 19.1. The number of carbonyl (C=O) groups excluding carboxylic acids is 1. The molecular weight excluding hydrogens is 287 g/mol. The summed E-state index contributed by atoms with van der Waals surface area (Å²) in [4.78, 5) is 12.2. The molecule has 3 aromatic carbocycles. The van der Waals surface area contributed by atoms with Crippen molar-refractivity contribution in [2.24, 2.45) is 0 Å². The molecule has 0 N–H and O–H groups in total. The van der Waals surface area contributed by atoms with Crippen LogP contribution in [0.3, 0.4) is 0 Å². The number of hydrogen-bond donors (Lipinski definition) is 0. The fourth-order valence-corrected chi connectivity index (χ4v) is 2.40. The quantitative estimate of drug-likeness (QED) is 0.466. The largest absolute Gasteiger partial charge is 0.289 e. The summed E-state index contributed by atoms with van der Waals surface area (Å²) in [6.45, 7) is 0. The van der Waals surface area contributed by atoms with E-state index in [1.165, 1.54) is 12.1 Å². The molecule has 0 saturated heterocycles. The van der Waals surface area contributed by atoms with E-state index in [9.17, 15) is 9.18 Å². The summed E-state index contributed by atoms with van der Waals surface area (Å²) in [5, 5.41) is 0. The van der Waals surface area contributed by atoms with Crippen LogP contribution in [0.5, 0.6) is 0 Å². The van der Waals surface area contributed by atoms with Gasteiger partial charge in [0.25, 0.3) is 0 Å². The molecule has 0 aliphatic heterocycles. The van der Waals surface area contributed by atoms with Crippen LogP contribution in [0.15, 0.2) is 84.9 Å². The van der Waals surface area contributed by atoms with Gasteiger partial charge >= 0.3 is 0 Å². The van der Waals surface area contributed by atoms with Crippen molar-refractivity contribution in [3.05, 3.63) is 102 Å². The highest BCUT2D eigenvalue weighted by Gasteiger charge is 2.04. The molecule has 0 heterocycles. The standard InChI is InChI=1S/C21H15FO/c22-19-13-10-17(11-14-19)20-9-5-4-6-16(20)12-15-21(23)18-7-2-1-3-8-18/h1-15H. The number of halogens is 1. The van der Waals surface area contributed by atoms with Crippen LogP contribution >= 0.6 is 0 Å². The van der Waals surface area contributed by atoms with Crippen LogP contribution in [0.2, 0.25) is 0 Å². The fraction of sp³-hybridized carbons (Fsp3) is 0. The minimum atomic E-state index is -0.263. The number of rotatable bonds is 4. The SMILES string of the molecule is O=C(C=Cc1ccccc1-c1ccc(F)cc1)c1ccccc1. The molecule has 0 aromatic heterocycles. The van der Waals surface area contributed by atoms with Crippen LogP contribution in [0.1, 0.15) is 15.9 Å². The van der Waals surface area contributed by atoms with Gasteiger partial charge in [0, 0.05) is 5.56 Å². The van der Waals surface area contributed by atoms with E-state index in [0.717, 1.165) is 16.7 Å². The maximum Gasteiger partial charge on any atom is 0.185 e. The Balaban J connectivity index is 1.90. The molecule has 1 nitrogen and oxygen atoms in total. The monoisotopic (exact) mass is 302 g/mol. The third kappa shape index (κ3) is 3.61. The number of benzene rings is 3. The van der Waals surface area contributed by atoms with Crippen molar-refractivity contribution in [3.8, 4) is 11.1 Å². The molecule has 0 aliphatic carbocycles. The second-order valence-electron chi connectivity index (χ2n) is 5.16. The molecule has 0 fully saturated rings. The van der Waals surface area contributed by atoms with Gasteiger partial charge in [-0.25, -0.2) is 4.39 Å². The van der Waals surface area contributed by atoms with E-state index in [0.29, 0.717) is 5.56 Å². The van der Waals surface area contributed by atoms with Gasteiger partial charge in [0.2, 0.25) is 0 Å². The van der Waals surface area contributed by atoms with E-state index < -0.39 is 0 Å². The highest BCUT2D eigenvalue weighted by Crippen LogP contribution is 2.25. The average molecular weight is 302 g/mol. The zero-order valence-corrected chi connectivity index (χ0v) is 12.4. The molecule has 23 heavy (non-hydrogen) atoms. The Kier molecular flexibility index (Phi) is 4.44. The molecule has 3 aromatic rings. The van der Waals surface area contributed by atoms with Crippen molar-refractivity contribution in [1.29, 1.82) is 0 Å². The average Bonchev–Trinajstić information content (AvgIpc) is 2.61. The van der Waals surface area contributed by atoms with E-state index in [4.69, 9.17) is 0 Å². The maximum atomic E-state index is 13.1. The van der Waals surface area contributed by atoms with Crippen LogP contribution in [0.25, 0.3) is 17.2 Å². The predicted molar refractivity (Wildman–Crippen MR) is 91.6 cm³/mol. The smallest absolute Gasteiger partial charge is 0.185 e. The fourth-order valence-electron chi connectivity index (χ4n) is 2.40. The second-order valence-corrected chi connectivity index (χ2v) is 5.16. The Morgan fingerprint density at radius 3 is 2.17 bits per heavy atom. The predicted octanol–water partition coefficient (Wildman–Crippen LogP) is 5.39. The number of allylic oxidation sites excluding steroid dienone is 1. The third-order valence-electron chi connectivity index (χ3n) is 3.59. The Hall–Kier alpha value is -3.00. The van der Waals surface area contributed by atoms with Crippen molar-refractivity contribution in [2.45, 2.75) is 0 Å². The van der Waals surface area contributed by atoms with Gasteiger partial charge in [-0.05, 0) is 34.9 Å². The lowest BCUT2D eigenvalue weighted by atomic mass is 9.99. The molecule has 3 rings (SSSR count). The lowest BCUT2D eigenvalue weighted by Gasteiger charge is -2.06. The van der Waals surface area contributed by atoms with Crippen molar-refractivity contribution < 1.29 is 9.18 Å². The van der Waals surface area contributed by atoms with Crippen LogP contribution in [-0.2, 0) is 0 Å². The minimum absolute atomic E-state index is 0.0421. The van der Waals surface area contributed by atoms with Gasteiger partial charge in [0.05, 0.1) is 0 Å². The van der Waals surface area contributed by atoms with E-state index in [-0.39, 0.29) is 11.6 Å². The first-order chi connectivity index (χ1) is 11.2. The van der Waals surface area contributed by atoms with Gasteiger partial charge < -0.3 is 0 Å². The van der Waals surface area contributed by atoms with Crippen molar-refractivity contribution >= 4 is 11.9 Å². The molecule has 112 valence electrons. The van der Waals surface area contributed by atoms with Crippen molar-refractivity contribution in [1.82, 2.24) is 0 Å². The van der Waals surface area contributed by atoms with E-state index in [2.05, 4.69) is 0 Å². The first-order valence-electron chi connectivity index (χ1n) is 7.36. The summed E-state index contributed by atoms with van der Waals surface area (Å²) in [7, 11) is 0. The van der Waals surface area contributed by atoms with Crippen LogP contribution in [0.4, 0.5) is 4.39 Å². The Morgan fingerprint density at radius 2 is 1.43 bits per heavy atom. The molecule has 0 atom stereocenters. The third-order valence-corrected chi connectivity index (χ3v) is 3.59. The van der Waals surface area contributed by atoms with Crippen LogP contribution < -0.4 is 0 Å². The maximum absolute atomic E-state index is 13.1. The second kappa shape index (κ2) is 6.84. The molecule has 0 spiro atoms. The number of hydrogen-bond acceptors (Lipinski definition) is 1. The van der Waals surface area contributed by atoms with Gasteiger partial charge in [-0.1, -0.05) is 72.8 Å². The normalized spacial score (nSPS) is 10.8. The van der Waals surface area contributed by atoms with Crippen LogP contribution in [0, 0.1) is 5.82 Å². The summed E-state index contributed by atoms with van der Waals surface area (Å²) in [6, 6.07) is 23.2. The Labute approximate surface area is 134 Å². The molecule has 0 amide bonds. The van der Waals surface area contributed by atoms with Gasteiger partial charge in [0.1, 0.15) is 5.82 Å². The van der Waals surface area contributed by atoms with Gasteiger partial charge in [-0.3, -0.25) is 4.79 Å². The Morgan fingerprint density at radius 1 is 0.783 bits per heavy atom. The van der Waals surface area contributed by atoms with E-state index in [1.54, 1.807) is 36.4 Å². The highest BCUT2D eigenvalue weighted by molar-refractivity contribution is 6.07. The topological polar surface area (TPSA) is 17.1 Å². The minimum Gasteiger partial charge on any atom is -0.289 e. The van der Waals surface area contributed by atoms with Crippen LogP contribution in [-0.4, -0.2) is 5.78 Å². The van der Waals surface area contributed by atoms with Gasteiger partial charge in [-0.2, -0.15) is 0 Å². The molecule has 0 bridgehead atoms. The summed E-state index contributed by atoms with van der Waals surface area (Å²) >= 11 is 0. The van der Waals surface area contributed by atoms with Crippen molar-refractivity contribution in [3.63, 3.8) is 0 Å². The first kappa shape index (κ1) is 14.9.